The van der Waals surface area contributed by atoms with E-state index in [-0.39, 0.29) is 11.7 Å². The van der Waals surface area contributed by atoms with E-state index in [1.54, 1.807) is 0 Å². The summed E-state index contributed by atoms with van der Waals surface area (Å²) in [5, 5.41) is 10.7. The van der Waals surface area contributed by atoms with Crippen LogP contribution in [0.2, 0.25) is 0 Å². The summed E-state index contributed by atoms with van der Waals surface area (Å²) < 4.78 is 0.614. The van der Waals surface area contributed by atoms with E-state index in [0.29, 0.717) is 21.8 Å². The van der Waals surface area contributed by atoms with Crippen LogP contribution >= 0.6 is 23.1 Å². The Bertz CT molecular complexity index is 405. The first-order chi connectivity index (χ1) is 7.97. The van der Waals surface area contributed by atoms with Crippen molar-refractivity contribution >= 4 is 40.0 Å². The molecule has 1 aromatic heterocycles. The molecule has 0 atom stereocenters. The van der Waals surface area contributed by atoms with Gasteiger partial charge in [0, 0.05) is 6.42 Å². The zero-order valence-electron chi connectivity index (χ0n) is 9.60. The van der Waals surface area contributed by atoms with Gasteiger partial charge in [0.15, 0.2) is 4.34 Å². The van der Waals surface area contributed by atoms with Crippen LogP contribution in [0.3, 0.4) is 0 Å². The maximum atomic E-state index is 11.4. The average molecular weight is 274 g/mol. The zero-order valence-corrected chi connectivity index (χ0v) is 11.2. The minimum atomic E-state index is -0.407. The summed E-state index contributed by atoms with van der Waals surface area (Å²) in [5.41, 5.74) is 5.01. The molecular weight excluding hydrogens is 260 g/mol. The molecule has 0 spiro atoms. The van der Waals surface area contributed by atoms with Crippen molar-refractivity contribution in [2.45, 2.75) is 24.6 Å². The van der Waals surface area contributed by atoms with Gasteiger partial charge in [0.1, 0.15) is 0 Å². The van der Waals surface area contributed by atoms with Gasteiger partial charge in [0.2, 0.25) is 16.9 Å². The van der Waals surface area contributed by atoms with E-state index >= 15 is 0 Å². The van der Waals surface area contributed by atoms with Crippen molar-refractivity contribution in [3.63, 3.8) is 0 Å². The fourth-order valence-corrected chi connectivity index (χ4v) is 2.50. The van der Waals surface area contributed by atoms with Gasteiger partial charge in [-0.3, -0.25) is 9.59 Å². The molecule has 8 heteroatoms. The van der Waals surface area contributed by atoms with E-state index in [0.717, 1.165) is 0 Å². The molecule has 1 rings (SSSR count). The van der Waals surface area contributed by atoms with Crippen molar-refractivity contribution < 1.29 is 9.59 Å². The molecule has 2 amide bonds. The highest BCUT2D eigenvalue weighted by Gasteiger charge is 2.10. The van der Waals surface area contributed by atoms with Crippen molar-refractivity contribution in [1.82, 2.24) is 10.2 Å². The van der Waals surface area contributed by atoms with Crippen molar-refractivity contribution in [1.29, 1.82) is 0 Å². The summed E-state index contributed by atoms with van der Waals surface area (Å²) in [6.45, 7) is 3.93. The van der Waals surface area contributed by atoms with Crippen LogP contribution in [0, 0.1) is 5.92 Å². The Balaban J connectivity index is 2.45. The lowest BCUT2D eigenvalue weighted by Gasteiger charge is -2.02. The number of hydrogen-bond donors (Lipinski definition) is 2. The second-order valence-corrected chi connectivity index (χ2v) is 5.97. The van der Waals surface area contributed by atoms with E-state index in [1.807, 2.05) is 13.8 Å². The number of aromatic nitrogens is 2. The number of nitrogens with zero attached hydrogens (tertiary/aromatic N) is 2. The molecule has 0 radical (unpaired) electrons. The van der Waals surface area contributed by atoms with E-state index in [1.165, 1.54) is 23.1 Å². The first-order valence-electron chi connectivity index (χ1n) is 5.02. The normalized spacial score (nSPS) is 10.5. The molecule has 0 aliphatic rings. The van der Waals surface area contributed by atoms with Gasteiger partial charge in [-0.15, -0.1) is 10.2 Å². The Morgan fingerprint density at radius 2 is 2.18 bits per heavy atom. The number of primary amides is 1. The molecule has 17 heavy (non-hydrogen) atoms. The summed E-state index contributed by atoms with van der Waals surface area (Å²) in [7, 11) is 0. The second kappa shape index (κ2) is 6.55. The molecule has 1 aromatic rings. The molecule has 0 saturated carbocycles. The highest BCUT2D eigenvalue weighted by atomic mass is 32.2. The summed E-state index contributed by atoms with van der Waals surface area (Å²) in [6, 6.07) is 0. The lowest BCUT2D eigenvalue weighted by atomic mass is 10.1. The molecule has 0 bridgehead atoms. The third-order valence-electron chi connectivity index (χ3n) is 1.58. The average Bonchev–Trinajstić information content (AvgIpc) is 2.61. The predicted octanol–water partition coefficient (Wildman–Crippen LogP) is 1.10. The number of hydrogen-bond acceptors (Lipinski definition) is 6. The zero-order chi connectivity index (χ0) is 12.8. The Kier molecular flexibility index (Phi) is 5.36. The number of nitrogens with one attached hydrogen (secondary N) is 1. The Morgan fingerprint density at radius 3 is 2.76 bits per heavy atom. The fourth-order valence-electron chi connectivity index (χ4n) is 0.993. The first-order valence-corrected chi connectivity index (χ1v) is 6.82. The molecule has 0 unspecified atom stereocenters. The number of anilines is 1. The summed E-state index contributed by atoms with van der Waals surface area (Å²) in [5.74, 6) is -0.0287. The second-order valence-electron chi connectivity index (χ2n) is 3.77. The van der Waals surface area contributed by atoms with E-state index in [2.05, 4.69) is 15.5 Å². The maximum Gasteiger partial charge on any atom is 0.227 e. The molecule has 0 saturated heterocycles. The highest BCUT2D eigenvalue weighted by molar-refractivity contribution is 8.01. The summed E-state index contributed by atoms with van der Waals surface area (Å²) in [6.07, 6.45) is 0.448. The lowest BCUT2D eigenvalue weighted by Crippen LogP contribution is -2.13. The van der Waals surface area contributed by atoms with Gasteiger partial charge in [-0.25, -0.2) is 0 Å². The van der Waals surface area contributed by atoms with E-state index in [9.17, 15) is 9.59 Å². The topological polar surface area (TPSA) is 98.0 Å². The van der Waals surface area contributed by atoms with Crippen molar-refractivity contribution in [3.8, 4) is 0 Å². The number of rotatable bonds is 6. The van der Waals surface area contributed by atoms with Gasteiger partial charge < -0.3 is 11.1 Å². The number of thioether (sulfide) groups is 1. The molecule has 94 valence electrons. The van der Waals surface area contributed by atoms with E-state index < -0.39 is 5.91 Å². The number of carbonyl (C=O) groups excluding carboxylic acids is 2. The molecule has 6 nitrogen and oxygen atoms in total. The van der Waals surface area contributed by atoms with Crippen molar-refractivity contribution in [3.05, 3.63) is 0 Å². The molecule has 0 aliphatic heterocycles. The Labute approximate surface area is 107 Å². The van der Waals surface area contributed by atoms with Crippen LogP contribution < -0.4 is 11.1 Å². The molecule has 0 fully saturated rings. The summed E-state index contributed by atoms with van der Waals surface area (Å²) in [4.78, 5) is 22.0. The Hall–Kier alpha value is -1.15. The standard InChI is InChI=1S/C9H14N4O2S2/c1-5(2)3-7(15)11-8-12-13-9(17-8)16-4-6(10)14/h5H,3-4H2,1-2H3,(H2,10,14)(H,11,12,15). The number of carbonyl (C=O) groups is 2. The van der Waals surface area contributed by atoms with Gasteiger partial charge in [-0.05, 0) is 5.92 Å². The van der Waals surface area contributed by atoms with Crippen LogP contribution in [-0.2, 0) is 9.59 Å². The number of nitrogens with two attached hydrogens (primary N) is 1. The van der Waals surface area contributed by atoms with Gasteiger partial charge in [-0.2, -0.15) is 0 Å². The van der Waals surface area contributed by atoms with Crippen molar-refractivity contribution in [2.75, 3.05) is 11.1 Å². The van der Waals surface area contributed by atoms with Crippen LogP contribution in [0.4, 0.5) is 5.13 Å². The third-order valence-corrected chi connectivity index (χ3v) is 3.58. The molecular formula is C9H14N4O2S2. The van der Waals surface area contributed by atoms with Crippen LogP contribution in [-0.4, -0.2) is 27.8 Å². The predicted molar refractivity (Wildman–Crippen MR) is 67.9 cm³/mol. The molecule has 0 aliphatic carbocycles. The van der Waals surface area contributed by atoms with E-state index in [4.69, 9.17) is 5.73 Å². The van der Waals surface area contributed by atoms with Gasteiger partial charge >= 0.3 is 0 Å². The van der Waals surface area contributed by atoms with Crippen LogP contribution in [0.25, 0.3) is 0 Å². The fraction of sp³-hybridized carbons (Fsp3) is 0.556. The van der Waals surface area contributed by atoms with Crippen LogP contribution in [0.15, 0.2) is 4.34 Å². The van der Waals surface area contributed by atoms with Gasteiger partial charge in [0.05, 0.1) is 5.75 Å². The lowest BCUT2D eigenvalue weighted by molar-refractivity contribution is -0.117. The molecule has 0 aromatic carbocycles. The minimum absolute atomic E-state index is 0.0809. The van der Waals surface area contributed by atoms with Gasteiger partial charge in [0.25, 0.3) is 0 Å². The largest absolute Gasteiger partial charge is 0.369 e. The monoisotopic (exact) mass is 274 g/mol. The van der Waals surface area contributed by atoms with Gasteiger partial charge in [-0.1, -0.05) is 36.9 Å². The van der Waals surface area contributed by atoms with Crippen LogP contribution in [0.5, 0.6) is 0 Å². The quantitative estimate of drug-likeness (QED) is 0.598. The van der Waals surface area contributed by atoms with Crippen molar-refractivity contribution in [2.24, 2.45) is 11.7 Å². The highest BCUT2D eigenvalue weighted by Crippen LogP contribution is 2.25. The van der Waals surface area contributed by atoms with Crippen LogP contribution in [0.1, 0.15) is 20.3 Å². The first kappa shape index (κ1) is 13.9. The molecule has 3 N–H and O–H groups in total. The SMILES string of the molecule is CC(C)CC(=O)Nc1nnc(SCC(N)=O)s1. The smallest absolute Gasteiger partial charge is 0.227 e. The Morgan fingerprint density at radius 1 is 1.47 bits per heavy atom. The third kappa shape index (κ3) is 5.64. The summed E-state index contributed by atoms with van der Waals surface area (Å²) >= 11 is 2.44. The maximum absolute atomic E-state index is 11.4. The minimum Gasteiger partial charge on any atom is -0.369 e. The number of amides is 2. The molecule has 1 heterocycles.